The van der Waals surface area contributed by atoms with Gasteiger partial charge in [0.25, 0.3) is 0 Å². The van der Waals surface area contributed by atoms with Crippen LogP contribution in [0.1, 0.15) is 0 Å². The first-order valence-corrected chi connectivity index (χ1v) is 7.66. The second-order valence-corrected chi connectivity index (χ2v) is 4.21. The molecule has 138 valence electrons. The number of nitrogens with two attached hydrogens (primary N) is 1. The van der Waals surface area contributed by atoms with Crippen LogP contribution in [0.25, 0.3) is 0 Å². The van der Waals surface area contributed by atoms with Crippen molar-refractivity contribution in [1.82, 2.24) is 0 Å². The zero-order chi connectivity index (χ0) is 17.0. The van der Waals surface area contributed by atoms with Gasteiger partial charge >= 0.3 is 5.97 Å². The van der Waals surface area contributed by atoms with E-state index in [9.17, 15) is 4.79 Å². The zero-order valence-electron chi connectivity index (χ0n) is 13.6. The van der Waals surface area contributed by atoms with Gasteiger partial charge in [-0.1, -0.05) is 0 Å². The summed E-state index contributed by atoms with van der Waals surface area (Å²) >= 11 is 0. The molecule has 0 aromatic heterocycles. The molecule has 0 saturated carbocycles. The molecule has 0 aliphatic heterocycles. The largest absolute Gasteiger partial charge is 0.462 e. The normalized spacial score (nSPS) is 10.9. The summed E-state index contributed by atoms with van der Waals surface area (Å²) in [6.45, 7) is 4.54. The summed E-state index contributed by atoms with van der Waals surface area (Å²) in [5.41, 5.74) is 5.07. The fourth-order valence-electron chi connectivity index (χ4n) is 1.32. The van der Waals surface area contributed by atoms with Crippen molar-refractivity contribution in [3.05, 3.63) is 0 Å². The maximum Gasteiger partial charge on any atom is 0.319 e. The minimum Gasteiger partial charge on any atom is -0.462 e. The first-order valence-electron chi connectivity index (χ1n) is 7.66. The third-order valence-corrected chi connectivity index (χ3v) is 2.38. The van der Waals surface area contributed by atoms with E-state index in [1.54, 1.807) is 0 Å². The first kappa shape index (κ1) is 22.2. The van der Waals surface area contributed by atoms with Gasteiger partial charge < -0.3 is 39.3 Å². The maximum atomic E-state index is 10.7. The summed E-state index contributed by atoms with van der Waals surface area (Å²) in [5.74, 6) is -0.441. The minimum atomic E-state index is -0.441. The number of rotatable bonds is 18. The van der Waals surface area contributed by atoms with Gasteiger partial charge in [0, 0.05) is 0 Å². The number of aliphatic hydroxyl groups excluding tert-OH is 1. The van der Waals surface area contributed by atoms with Crippen LogP contribution < -0.4 is 5.73 Å². The predicted molar refractivity (Wildman–Crippen MR) is 81.2 cm³/mol. The van der Waals surface area contributed by atoms with Gasteiger partial charge in [0.1, 0.15) is 6.61 Å². The van der Waals surface area contributed by atoms with Crippen molar-refractivity contribution in [2.75, 3.05) is 85.8 Å². The Hall–Kier alpha value is -0.810. The zero-order valence-corrected chi connectivity index (χ0v) is 13.6. The highest BCUT2D eigenvalue weighted by Gasteiger charge is 1.97. The van der Waals surface area contributed by atoms with E-state index in [0.29, 0.717) is 66.1 Å². The van der Waals surface area contributed by atoms with Crippen molar-refractivity contribution in [2.24, 2.45) is 5.73 Å². The van der Waals surface area contributed by atoms with Crippen LogP contribution in [0.2, 0.25) is 0 Å². The molecule has 0 fully saturated rings. The van der Waals surface area contributed by atoms with Crippen molar-refractivity contribution in [2.45, 2.75) is 0 Å². The lowest BCUT2D eigenvalue weighted by atomic mass is 10.6. The molecule has 0 atom stereocenters. The lowest BCUT2D eigenvalue weighted by Gasteiger charge is -2.08. The number of hydrogen-bond donors (Lipinski definition) is 2. The SMILES string of the molecule is NCC(=O)OCCOCCOCCOCCOCCOCCO. The van der Waals surface area contributed by atoms with Crippen molar-refractivity contribution < 1.29 is 38.3 Å². The fraction of sp³-hybridized carbons (Fsp3) is 0.929. The van der Waals surface area contributed by atoms with Crippen LogP contribution in [0.3, 0.4) is 0 Å². The molecule has 0 bridgehead atoms. The third-order valence-electron chi connectivity index (χ3n) is 2.38. The summed E-state index contributed by atoms with van der Waals surface area (Å²) in [6, 6.07) is 0. The number of hydrogen-bond acceptors (Lipinski definition) is 9. The van der Waals surface area contributed by atoms with Gasteiger partial charge in [0.05, 0.1) is 79.2 Å². The number of ether oxygens (including phenoxy) is 6. The van der Waals surface area contributed by atoms with Crippen molar-refractivity contribution in [3.8, 4) is 0 Å². The van der Waals surface area contributed by atoms with Gasteiger partial charge in [-0.25, -0.2) is 0 Å². The van der Waals surface area contributed by atoms with E-state index in [4.69, 9.17) is 39.3 Å². The van der Waals surface area contributed by atoms with E-state index in [-0.39, 0.29) is 19.8 Å². The van der Waals surface area contributed by atoms with Crippen LogP contribution >= 0.6 is 0 Å². The number of carbonyl (C=O) groups excluding carboxylic acids is 1. The van der Waals surface area contributed by atoms with E-state index < -0.39 is 5.97 Å². The van der Waals surface area contributed by atoms with Gasteiger partial charge in [-0.2, -0.15) is 0 Å². The molecule has 0 radical (unpaired) electrons. The summed E-state index contributed by atoms with van der Waals surface area (Å²) in [6.07, 6.45) is 0. The Morgan fingerprint density at radius 1 is 0.652 bits per heavy atom. The minimum absolute atomic E-state index is 0.0237. The fourth-order valence-corrected chi connectivity index (χ4v) is 1.32. The van der Waals surface area contributed by atoms with Crippen LogP contribution in [0.5, 0.6) is 0 Å². The van der Waals surface area contributed by atoms with Crippen molar-refractivity contribution >= 4 is 5.97 Å². The summed E-state index contributed by atoms with van der Waals surface area (Å²) < 4.78 is 30.8. The van der Waals surface area contributed by atoms with E-state index in [0.717, 1.165) is 0 Å². The van der Waals surface area contributed by atoms with Crippen LogP contribution in [0.15, 0.2) is 0 Å². The Balaban J connectivity index is 2.99. The van der Waals surface area contributed by atoms with Crippen molar-refractivity contribution in [1.29, 1.82) is 0 Å². The molecule has 0 aromatic carbocycles. The Labute approximate surface area is 136 Å². The van der Waals surface area contributed by atoms with E-state index in [2.05, 4.69) is 0 Å². The lowest BCUT2D eigenvalue weighted by Crippen LogP contribution is -2.19. The van der Waals surface area contributed by atoms with Gasteiger partial charge in [-0.05, 0) is 0 Å². The molecule has 0 aliphatic carbocycles. The number of aliphatic hydroxyl groups is 1. The van der Waals surface area contributed by atoms with Crippen molar-refractivity contribution in [3.63, 3.8) is 0 Å². The molecule has 0 amide bonds. The summed E-state index contributed by atoms with van der Waals surface area (Å²) in [7, 11) is 0. The molecule has 9 nitrogen and oxygen atoms in total. The quantitative estimate of drug-likeness (QED) is 0.229. The standard InChI is InChI=1S/C14H29NO8/c15-13-14(17)23-12-11-22-10-9-21-8-7-20-6-5-19-4-3-18-2-1-16/h16H,1-13,15H2. The molecular weight excluding hydrogens is 310 g/mol. The first-order chi connectivity index (χ1) is 11.3. The average molecular weight is 339 g/mol. The van der Waals surface area contributed by atoms with Crippen LogP contribution in [-0.4, -0.2) is 96.9 Å². The number of esters is 1. The van der Waals surface area contributed by atoms with Crippen LogP contribution in [-0.2, 0) is 33.2 Å². The molecule has 0 aliphatic rings. The number of carbonyl (C=O) groups is 1. The Morgan fingerprint density at radius 2 is 1.00 bits per heavy atom. The highest BCUT2D eigenvalue weighted by molar-refractivity contribution is 5.71. The molecular formula is C14H29NO8. The van der Waals surface area contributed by atoms with Gasteiger partial charge in [-0.15, -0.1) is 0 Å². The van der Waals surface area contributed by atoms with Crippen LogP contribution in [0, 0.1) is 0 Å². The van der Waals surface area contributed by atoms with E-state index >= 15 is 0 Å². The topological polar surface area (TPSA) is 119 Å². The predicted octanol–water partition coefficient (Wildman–Crippen LogP) is -1.44. The molecule has 0 heterocycles. The Kier molecular flexibility index (Phi) is 18.6. The van der Waals surface area contributed by atoms with Crippen LogP contribution in [0.4, 0.5) is 0 Å². The Morgan fingerprint density at radius 3 is 1.35 bits per heavy atom. The summed E-state index contributed by atoms with van der Waals surface area (Å²) in [5, 5.41) is 8.48. The highest BCUT2D eigenvalue weighted by Crippen LogP contribution is 1.84. The highest BCUT2D eigenvalue weighted by atomic mass is 16.6. The average Bonchev–Trinajstić information content (AvgIpc) is 2.57. The molecule has 0 spiro atoms. The maximum absolute atomic E-state index is 10.7. The molecule has 23 heavy (non-hydrogen) atoms. The second-order valence-electron chi connectivity index (χ2n) is 4.21. The molecule has 0 aromatic rings. The second kappa shape index (κ2) is 19.2. The molecule has 3 N–H and O–H groups in total. The Bertz CT molecular complexity index is 255. The van der Waals surface area contributed by atoms with Gasteiger partial charge in [0.15, 0.2) is 0 Å². The molecule has 0 rings (SSSR count). The monoisotopic (exact) mass is 339 g/mol. The lowest BCUT2D eigenvalue weighted by molar-refractivity contribution is -0.143. The van der Waals surface area contributed by atoms with Gasteiger partial charge in [-0.3, -0.25) is 4.79 Å². The van der Waals surface area contributed by atoms with Gasteiger partial charge in [0.2, 0.25) is 0 Å². The molecule has 0 saturated heterocycles. The molecule has 9 heteroatoms. The summed E-state index contributed by atoms with van der Waals surface area (Å²) in [4.78, 5) is 10.7. The van der Waals surface area contributed by atoms with E-state index in [1.807, 2.05) is 0 Å². The smallest absolute Gasteiger partial charge is 0.319 e. The van der Waals surface area contributed by atoms with E-state index in [1.165, 1.54) is 0 Å². The molecule has 0 unspecified atom stereocenters. The third kappa shape index (κ3) is 19.1.